The summed E-state index contributed by atoms with van der Waals surface area (Å²) in [5.74, 6) is 0.819. The third-order valence-electron chi connectivity index (χ3n) is 7.59. The van der Waals surface area contributed by atoms with Gasteiger partial charge in [0.15, 0.2) is 0 Å². The maximum absolute atomic E-state index is 11.8. The molecule has 17 nitrogen and oxygen atoms in total. The van der Waals surface area contributed by atoms with Gasteiger partial charge in [-0.05, 0) is 99.4 Å². The van der Waals surface area contributed by atoms with E-state index in [0.717, 1.165) is 40.5 Å². The van der Waals surface area contributed by atoms with Crippen molar-refractivity contribution in [1.29, 1.82) is 0 Å². The van der Waals surface area contributed by atoms with Gasteiger partial charge in [0.2, 0.25) is 0 Å². The molecule has 320 valence electrons. The minimum atomic E-state index is -1.06. The fraction of sp³-hybridized carbons (Fsp3) is 0.590. The first-order valence-electron chi connectivity index (χ1n) is 19.0. The van der Waals surface area contributed by atoms with Gasteiger partial charge in [0, 0.05) is 30.9 Å². The molecule has 2 aromatic carbocycles. The summed E-state index contributed by atoms with van der Waals surface area (Å²) in [7, 11) is -0.776. The van der Waals surface area contributed by atoms with Crippen LogP contribution in [0.3, 0.4) is 0 Å². The van der Waals surface area contributed by atoms with Gasteiger partial charge in [-0.15, -0.1) is 0 Å². The third kappa shape index (κ3) is 15.7. The zero-order chi connectivity index (χ0) is 43.6. The molecule has 4 N–H and O–H groups in total. The van der Waals surface area contributed by atoms with Crippen LogP contribution in [0.1, 0.15) is 106 Å². The van der Waals surface area contributed by atoms with Crippen LogP contribution >= 0.6 is 0 Å². The number of hydrogen-bond acceptors (Lipinski definition) is 15. The maximum atomic E-state index is 11.8. The highest BCUT2D eigenvalue weighted by Gasteiger charge is 2.44. The lowest BCUT2D eigenvalue weighted by atomic mass is 9.77. The lowest BCUT2D eigenvalue weighted by Gasteiger charge is -2.21. The van der Waals surface area contributed by atoms with Gasteiger partial charge in [0.05, 0.1) is 24.4 Å². The average Bonchev–Trinajstić information content (AvgIpc) is 3.49. The second-order valence-electron chi connectivity index (χ2n) is 16.6. The molecule has 4 atom stereocenters. The van der Waals surface area contributed by atoms with Crippen LogP contribution in [0.25, 0.3) is 0 Å². The molecule has 4 aliphatic heterocycles. The molecule has 0 saturated heterocycles. The van der Waals surface area contributed by atoms with E-state index in [1.54, 1.807) is 41.5 Å². The Hall–Kier alpha value is -4.55. The topological polar surface area (TPSA) is 219 Å². The molecule has 0 radical (unpaired) electrons. The Balaban J connectivity index is 0.000000229. The van der Waals surface area contributed by atoms with Gasteiger partial charge >= 0.3 is 32.6 Å². The molecule has 0 saturated carbocycles. The van der Waals surface area contributed by atoms with Crippen LogP contribution in [0.2, 0.25) is 0 Å². The number of carboxylic acids is 1. The molecule has 1 amide bonds. The molecule has 4 aliphatic rings. The van der Waals surface area contributed by atoms with Crippen molar-refractivity contribution in [3.8, 4) is 11.5 Å². The van der Waals surface area contributed by atoms with Crippen LogP contribution < -0.4 is 31.4 Å². The second-order valence-corrected chi connectivity index (χ2v) is 16.6. The van der Waals surface area contributed by atoms with Gasteiger partial charge in [-0.25, -0.2) is 14.4 Å². The first kappa shape index (κ1) is 47.8. The summed E-state index contributed by atoms with van der Waals surface area (Å²) in [4.78, 5) is 42.8. The number of carbonyl (C=O) groups excluding carboxylic acids is 3. The van der Waals surface area contributed by atoms with E-state index in [1.807, 2.05) is 71.0 Å². The minimum Gasteiger partial charge on any atom is -0.491 e. The number of nitrogens with two attached hydrogens (primary N) is 1. The number of aliphatic carboxylic acids is 1. The molecule has 4 unspecified atom stereocenters. The lowest BCUT2D eigenvalue weighted by molar-refractivity contribution is -0.134. The highest BCUT2D eigenvalue weighted by molar-refractivity contribution is 6.64. The van der Waals surface area contributed by atoms with Crippen molar-refractivity contribution in [1.82, 2.24) is 5.32 Å². The number of nitrogens with one attached hydrogen (secondary N) is 1. The van der Waals surface area contributed by atoms with Crippen molar-refractivity contribution in [2.24, 2.45) is 5.73 Å². The Bertz CT molecular complexity index is 1690. The Kier molecular flexibility index (Phi) is 16.8. The fourth-order valence-electron chi connectivity index (χ4n) is 5.58. The number of amides is 1. The van der Waals surface area contributed by atoms with Gasteiger partial charge < -0.3 is 63.2 Å². The smallest absolute Gasteiger partial charge is 0.491 e. The SMILES string of the molecule is CC(=O)O.CC(C)(C)OC(=O)OC(=O)OC(C)(C)C.CC1COc2cccc3c2B(O1)OC3CN.CC1COc2cccc3c2B(O1)OC3CNC(=O)OC(C)(C)C. The summed E-state index contributed by atoms with van der Waals surface area (Å²) < 4.78 is 53.9. The number of carboxylic acid groups (broad SMARTS) is 1. The Morgan fingerprint density at radius 2 is 1.10 bits per heavy atom. The average molecular weight is 817 g/mol. The van der Waals surface area contributed by atoms with Gasteiger partial charge in [-0.1, -0.05) is 24.3 Å². The van der Waals surface area contributed by atoms with Crippen molar-refractivity contribution in [2.45, 2.75) is 124 Å². The van der Waals surface area contributed by atoms with Crippen LogP contribution in [-0.4, -0.2) is 99.0 Å². The third-order valence-corrected chi connectivity index (χ3v) is 7.59. The highest BCUT2D eigenvalue weighted by Crippen LogP contribution is 2.32. The van der Waals surface area contributed by atoms with Gasteiger partial charge in [0.25, 0.3) is 5.97 Å². The quantitative estimate of drug-likeness (QED) is 0.162. The van der Waals surface area contributed by atoms with E-state index < -0.39 is 48.3 Å². The molecule has 0 spiro atoms. The number of benzene rings is 2. The summed E-state index contributed by atoms with van der Waals surface area (Å²) in [6.45, 7) is 22.3. The molecular weight excluding hydrogens is 758 g/mol. The van der Waals surface area contributed by atoms with E-state index in [0.29, 0.717) is 26.3 Å². The Labute approximate surface area is 341 Å². The van der Waals surface area contributed by atoms with E-state index in [4.69, 9.17) is 57.9 Å². The monoisotopic (exact) mass is 816 g/mol. The number of carbonyl (C=O) groups is 4. The first-order chi connectivity index (χ1) is 26.9. The van der Waals surface area contributed by atoms with Gasteiger partial charge in [-0.2, -0.15) is 0 Å². The Morgan fingerprint density at radius 3 is 1.50 bits per heavy atom. The number of ether oxygens (including phenoxy) is 6. The first-order valence-corrected chi connectivity index (χ1v) is 19.0. The number of hydrogen-bond donors (Lipinski definition) is 3. The summed E-state index contributed by atoms with van der Waals surface area (Å²) >= 11 is 0. The van der Waals surface area contributed by atoms with Crippen LogP contribution in [0, 0.1) is 0 Å². The molecule has 19 heteroatoms. The largest absolute Gasteiger partial charge is 0.519 e. The molecule has 4 heterocycles. The predicted octanol–water partition coefficient (Wildman–Crippen LogP) is 4.95. The second kappa shape index (κ2) is 20.4. The van der Waals surface area contributed by atoms with Crippen molar-refractivity contribution in [2.75, 3.05) is 26.3 Å². The van der Waals surface area contributed by atoms with Gasteiger partial charge in [-0.3, -0.25) is 4.79 Å². The van der Waals surface area contributed by atoms with E-state index in [1.165, 1.54) is 0 Å². The number of rotatable bonds is 3. The summed E-state index contributed by atoms with van der Waals surface area (Å²) in [5, 5.41) is 10.2. The predicted molar refractivity (Wildman–Crippen MR) is 214 cm³/mol. The fourth-order valence-corrected chi connectivity index (χ4v) is 5.58. The van der Waals surface area contributed by atoms with Crippen molar-refractivity contribution < 1.29 is 71.3 Å². The van der Waals surface area contributed by atoms with E-state index in [2.05, 4.69) is 10.1 Å². The van der Waals surface area contributed by atoms with Crippen LogP contribution in [0.5, 0.6) is 11.5 Å². The molecule has 58 heavy (non-hydrogen) atoms. The molecule has 0 fully saturated rings. The summed E-state index contributed by atoms with van der Waals surface area (Å²) in [5.41, 5.74) is 7.79. The summed E-state index contributed by atoms with van der Waals surface area (Å²) in [6.07, 6.45) is -2.96. The lowest BCUT2D eigenvalue weighted by Crippen LogP contribution is -2.36. The van der Waals surface area contributed by atoms with Crippen molar-refractivity contribution in [3.63, 3.8) is 0 Å². The standard InChI is InChI=1S/C16H22BNO5.C11H14BNO3.C10H18O5.C2H4O2/c1-10-9-20-12-7-5-6-11-13(23-17(22-10)14(11)12)8-18-15(19)21-16(2,3)4;1-7-6-14-9-4-2-3-8-10(5-13)16-12(15-7)11(8)9;1-9(2,3)14-7(11)13-8(12)15-10(4,5)6;1-2(3)4/h5-7,10,13H,8-9H2,1-4H3,(H,18,19);2-4,7,10H,5-6,13H2,1H3;1-6H3;1H3,(H,3,4). The molecule has 0 aliphatic carbocycles. The van der Waals surface area contributed by atoms with Crippen LogP contribution in [0.15, 0.2) is 36.4 Å². The molecule has 6 rings (SSSR count). The van der Waals surface area contributed by atoms with Crippen LogP contribution in [0.4, 0.5) is 14.4 Å². The van der Waals surface area contributed by atoms with Crippen LogP contribution in [-0.2, 0) is 42.4 Å². The highest BCUT2D eigenvalue weighted by atomic mass is 16.8. The Morgan fingerprint density at radius 1 is 0.707 bits per heavy atom. The zero-order valence-corrected chi connectivity index (χ0v) is 35.5. The molecule has 0 aromatic heterocycles. The summed E-state index contributed by atoms with van der Waals surface area (Å²) in [6, 6.07) is 11.8. The zero-order valence-electron chi connectivity index (χ0n) is 35.5. The number of alkyl carbamates (subject to hydrolysis) is 1. The maximum Gasteiger partial charge on any atom is 0.519 e. The van der Waals surface area contributed by atoms with E-state index >= 15 is 0 Å². The normalized spacial score (nSPS) is 20.1. The van der Waals surface area contributed by atoms with Crippen molar-refractivity contribution >= 4 is 49.5 Å². The van der Waals surface area contributed by atoms with E-state index in [9.17, 15) is 14.4 Å². The van der Waals surface area contributed by atoms with E-state index in [-0.39, 0.29) is 31.5 Å². The molecular formula is C39H58B2N2O15. The molecule has 0 bridgehead atoms. The molecule has 2 aromatic rings. The van der Waals surface area contributed by atoms with Crippen molar-refractivity contribution in [3.05, 3.63) is 47.5 Å². The minimum absolute atomic E-state index is 0.0294. The van der Waals surface area contributed by atoms with Gasteiger partial charge in [0.1, 0.15) is 41.5 Å².